The van der Waals surface area contributed by atoms with Gasteiger partial charge in [0.05, 0.1) is 12.4 Å². The van der Waals surface area contributed by atoms with Gasteiger partial charge in [-0.15, -0.1) is 0 Å². The first-order chi connectivity index (χ1) is 10.2. The van der Waals surface area contributed by atoms with E-state index in [1.165, 1.54) is 0 Å². The molecule has 0 aromatic carbocycles. The number of aliphatic hydroxyl groups excluding tert-OH is 2. The van der Waals surface area contributed by atoms with Crippen molar-refractivity contribution < 1.29 is 23.4 Å². The van der Waals surface area contributed by atoms with Crippen molar-refractivity contribution in [2.45, 2.75) is 58.1 Å². The minimum absolute atomic E-state index is 0.00614. The number of amides is 1. The standard InChI is InChI=1S/C14H28N2O5S/c1-14(2,10-17)12(18)13(19)15-8-9-22(20,21)16-11-6-4-3-5-7-11/h11-12,16-18H,3-10H2,1-2H3,(H,15,19)/t12-/m0/s1. The minimum atomic E-state index is -3.44. The zero-order valence-electron chi connectivity index (χ0n) is 13.3. The van der Waals surface area contributed by atoms with Gasteiger partial charge in [0.2, 0.25) is 15.9 Å². The third-order valence-corrected chi connectivity index (χ3v) is 5.45. The van der Waals surface area contributed by atoms with Crippen LogP contribution in [0.1, 0.15) is 46.0 Å². The Hall–Kier alpha value is -0.700. The average molecular weight is 336 g/mol. The lowest BCUT2D eigenvalue weighted by Gasteiger charge is -2.27. The highest BCUT2D eigenvalue weighted by Crippen LogP contribution is 2.19. The van der Waals surface area contributed by atoms with Gasteiger partial charge >= 0.3 is 0 Å². The number of rotatable bonds is 8. The summed E-state index contributed by atoms with van der Waals surface area (Å²) in [6, 6.07) is -0.00614. The number of nitrogens with one attached hydrogen (secondary N) is 2. The molecule has 8 heteroatoms. The maximum atomic E-state index is 11.9. The van der Waals surface area contributed by atoms with Gasteiger partial charge < -0.3 is 15.5 Å². The van der Waals surface area contributed by atoms with E-state index in [-0.39, 0.29) is 24.9 Å². The largest absolute Gasteiger partial charge is 0.396 e. The number of carbonyl (C=O) groups excluding carboxylic acids is 1. The Morgan fingerprint density at radius 3 is 2.41 bits per heavy atom. The third-order valence-electron chi connectivity index (χ3n) is 4.02. The van der Waals surface area contributed by atoms with E-state index in [0.29, 0.717) is 0 Å². The summed E-state index contributed by atoms with van der Waals surface area (Å²) >= 11 is 0. The molecule has 1 amide bonds. The van der Waals surface area contributed by atoms with Gasteiger partial charge in [-0.05, 0) is 12.8 Å². The molecule has 7 nitrogen and oxygen atoms in total. The van der Waals surface area contributed by atoms with Gasteiger partial charge in [-0.25, -0.2) is 13.1 Å². The summed E-state index contributed by atoms with van der Waals surface area (Å²) in [5.41, 5.74) is -0.969. The third kappa shape index (κ3) is 6.20. The first-order valence-corrected chi connectivity index (χ1v) is 9.40. The summed E-state index contributed by atoms with van der Waals surface area (Å²) in [4.78, 5) is 11.7. The lowest BCUT2D eigenvalue weighted by atomic mass is 9.87. The highest BCUT2D eigenvalue weighted by atomic mass is 32.2. The topological polar surface area (TPSA) is 116 Å². The smallest absolute Gasteiger partial charge is 0.249 e. The van der Waals surface area contributed by atoms with Crippen LogP contribution >= 0.6 is 0 Å². The monoisotopic (exact) mass is 336 g/mol. The fraction of sp³-hybridized carbons (Fsp3) is 0.929. The van der Waals surface area contributed by atoms with E-state index in [0.717, 1.165) is 32.1 Å². The Labute approximate surface area is 132 Å². The van der Waals surface area contributed by atoms with E-state index in [2.05, 4.69) is 10.0 Å². The molecule has 1 saturated carbocycles. The second-order valence-electron chi connectivity index (χ2n) is 6.61. The number of hydrogen-bond donors (Lipinski definition) is 4. The first kappa shape index (κ1) is 19.3. The highest BCUT2D eigenvalue weighted by molar-refractivity contribution is 7.89. The Balaban J connectivity index is 2.37. The first-order valence-electron chi connectivity index (χ1n) is 7.74. The second kappa shape index (κ2) is 8.24. The van der Waals surface area contributed by atoms with Crippen LogP contribution in [0.2, 0.25) is 0 Å². The lowest BCUT2D eigenvalue weighted by molar-refractivity contribution is -0.136. The second-order valence-corrected chi connectivity index (χ2v) is 8.49. The van der Waals surface area contributed by atoms with E-state index < -0.39 is 27.4 Å². The fourth-order valence-corrected chi connectivity index (χ4v) is 3.61. The molecule has 0 bridgehead atoms. The van der Waals surface area contributed by atoms with Crippen LogP contribution in [0.4, 0.5) is 0 Å². The molecule has 1 fully saturated rings. The molecular formula is C14H28N2O5S. The van der Waals surface area contributed by atoms with Crippen LogP contribution in [0.5, 0.6) is 0 Å². The van der Waals surface area contributed by atoms with E-state index in [4.69, 9.17) is 5.11 Å². The van der Waals surface area contributed by atoms with Gasteiger partial charge in [0.15, 0.2) is 0 Å². The van der Waals surface area contributed by atoms with E-state index in [1.807, 2.05) is 0 Å². The van der Waals surface area contributed by atoms with Crippen LogP contribution in [0.3, 0.4) is 0 Å². The summed E-state index contributed by atoms with van der Waals surface area (Å²) in [6.45, 7) is 2.69. The van der Waals surface area contributed by atoms with Crippen molar-refractivity contribution in [1.82, 2.24) is 10.0 Å². The number of aliphatic hydroxyl groups is 2. The quantitative estimate of drug-likeness (QED) is 0.487. The molecule has 0 heterocycles. The van der Waals surface area contributed by atoms with Crippen LogP contribution in [0.25, 0.3) is 0 Å². The molecule has 0 aromatic heterocycles. The SMILES string of the molecule is CC(C)(CO)[C@@H](O)C(=O)NCCS(=O)(=O)NC1CCCCC1. The summed E-state index contributed by atoms with van der Waals surface area (Å²) in [7, 11) is -3.44. The minimum Gasteiger partial charge on any atom is -0.396 e. The predicted molar refractivity (Wildman–Crippen MR) is 83.7 cm³/mol. The molecule has 0 spiro atoms. The molecule has 0 aromatic rings. The van der Waals surface area contributed by atoms with Crippen molar-refractivity contribution in [2.75, 3.05) is 18.9 Å². The van der Waals surface area contributed by atoms with Crippen molar-refractivity contribution in [3.8, 4) is 0 Å². The molecule has 22 heavy (non-hydrogen) atoms. The molecule has 130 valence electrons. The lowest BCUT2D eigenvalue weighted by Crippen LogP contribution is -2.47. The van der Waals surface area contributed by atoms with Crippen molar-refractivity contribution in [3.63, 3.8) is 0 Å². The van der Waals surface area contributed by atoms with Gasteiger partial charge in [-0.3, -0.25) is 4.79 Å². The normalized spacial score (nSPS) is 18.9. The van der Waals surface area contributed by atoms with Crippen molar-refractivity contribution >= 4 is 15.9 Å². The maximum Gasteiger partial charge on any atom is 0.249 e. The van der Waals surface area contributed by atoms with Crippen LogP contribution in [0.15, 0.2) is 0 Å². The average Bonchev–Trinajstić information content (AvgIpc) is 2.46. The summed E-state index contributed by atoms with van der Waals surface area (Å²) in [6.07, 6.45) is 3.54. The molecule has 0 aliphatic heterocycles. The molecule has 4 N–H and O–H groups in total. The van der Waals surface area contributed by atoms with Gasteiger partial charge in [0, 0.05) is 18.0 Å². The zero-order valence-corrected chi connectivity index (χ0v) is 14.2. The van der Waals surface area contributed by atoms with E-state index in [1.54, 1.807) is 13.8 Å². The van der Waals surface area contributed by atoms with Gasteiger partial charge in [-0.2, -0.15) is 0 Å². The molecule has 0 saturated heterocycles. The molecule has 1 aliphatic carbocycles. The van der Waals surface area contributed by atoms with Crippen molar-refractivity contribution in [2.24, 2.45) is 5.41 Å². The zero-order chi connectivity index (χ0) is 16.8. The Morgan fingerprint density at radius 1 is 1.27 bits per heavy atom. The molecule has 1 rings (SSSR count). The van der Waals surface area contributed by atoms with Crippen LogP contribution < -0.4 is 10.0 Å². The number of hydrogen-bond acceptors (Lipinski definition) is 5. The Morgan fingerprint density at radius 2 is 1.86 bits per heavy atom. The molecule has 0 radical (unpaired) electrons. The summed E-state index contributed by atoms with van der Waals surface area (Å²) in [5, 5.41) is 21.3. The molecular weight excluding hydrogens is 308 g/mol. The van der Waals surface area contributed by atoms with Crippen molar-refractivity contribution in [3.05, 3.63) is 0 Å². The van der Waals surface area contributed by atoms with E-state index >= 15 is 0 Å². The van der Waals surface area contributed by atoms with Gasteiger partial charge in [0.1, 0.15) is 6.10 Å². The number of carbonyl (C=O) groups is 1. The van der Waals surface area contributed by atoms with Crippen LogP contribution in [-0.2, 0) is 14.8 Å². The maximum absolute atomic E-state index is 11.9. The van der Waals surface area contributed by atoms with Crippen molar-refractivity contribution in [1.29, 1.82) is 0 Å². The Bertz CT molecular complexity index is 458. The highest BCUT2D eigenvalue weighted by Gasteiger charge is 2.33. The van der Waals surface area contributed by atoms with Crippen LogP contribution in [0, 0.1) is 5.41 Å². The van der Waals surface area contributed by atoms with Gasteiger partial charge in [-0.1, -0.05) is 33.1 Å². The predicted octanol–water partition coefficient (Wildman–Crippen LogP) is -0.266. The van der Waals surface area contributed by atoms with Gasteiger partial charge in [0.25, 0.3) is 0 Å². The fourth-order valence-electron chi connectivity index (χ4n) is 2.38. The van der Waals surface area contributed by atoms with E-state index in [9.17, 15) is 18.3 Å². The Kier molecular flexibility index (Phi) is 7.24. The summed E-state index contributed by atoms with van der Waals surface area (Å²) in [5.74, 6) is -0.895. The van der Waals surface area contributed by atoms with Crippen LogP contribution in [-0.4, -0.2) is 55.6 Å². The number of sulfonamides is 1. The molecule has 0 unspecified atom stereocenters. The molecule has 1 atom stereocenters. The molecule has 1 aliphatic rings. The summed E-state index contributed by atoms with van der Waals surface area (Å²) < 4.78 is 26.5.